The number of carbonyl (C=O) groups excluding carboxylic acids is 2. The van der Waals surface area contributed by atoms with E-state index in [9.17, 15) is 9.59 Å². The van der Waals surface area contributed by atoms with Gasteiger partial charge in [-0.05, 0) is 37.8 Å². The monoisotopic (exact) mass is 395 g/mol. The maximum absolute atomic E-state index is 12.6. The van der Waals surface area contributed by atoms with Crippen LogP contribution in [-0.2, 0) is 9.59 Å². The third-order valence-corrected chi connectivity index (χ3v) is 6.60. The molecule has 1 saturated carbocycles. The molecule has 132 valence electrons. The molecule has 4 rings (SSSR count). The topological polar surface area (TPSA) is 62.3 Å². The number of hydrogen-bond donors (Lipinski definition) is 1. The second-order valence-electron chi connectivity index (χ2n) is 6.53. The van der Waals surface area contributed by atoms with Crippen molar-refractivity contribution >= 4 is 51.2 Å². The quantitative estimate of drug-likeness (QED) is 0.847. The zero-order valence-corrected chi connectivity index (χ0v) is 15.9. The number of anilines is 1. The molecular weight excluding hydrogens is 378 g/mol. The van der Waals surface area contributed by atoms with Gasteiger partial charge >= 0.3 is 0 Å². The normalized spacial score (nSPS) is 20.5. The summed E-state index contributed by atoms with van der Waals surface area (Å²) < 4.78 is 0.719. The van der Waals surface area contributed by atoms with E-state index in [4.69, 9.17) is 11.6 Å². The highest BCUT2D eigenvalue weighted by Crippen LogP contribution is 2.34. The lowest BCUT2D eigenvalue weighted by molar-refractivity contribution is -0.135. The van der Waals surface area contributed by atoms with Gasteiger partial charge < -0.3 is 10.2 Å². The van der Waals surface area contributed by atoms with Crippen LogP contribution < -0.4 is 5.32 Å². The molecule has 0 bridgehead atoms. The smallest absolute Gasteiger partial charge is 0.231 e. The highest BCUT2D eigenvalue weighted by molar-refractivity contribution is 7.20. The fourth-order valence-electron chi connectivity index (χ4n) is 3.08. The Morgan fingerprint density at radius 2 is 2.08 bits per heavy atom. The van der Waals surface area contributed by atoms with Crippen LogP contribution in [0.15, 0.2) is 17.5 Å². The first-order chi connectivity index (χ1) is 12.1. The van der Waals surface area contributed by atoms with Gasteiger partial charge in [0.15, 0.2) is 5.13 Å². The second kappa shape index (κ2) is 7.05. The summed E-state index contributed by atoms with van der Waals surface area (Å²) in [6.07, 6.45) is 3.70. The maximum atomic E-state index is 12.6. The summed E-state index contributed by atoms with van der Waals surface area (Å²) in [6.45, 7) is 1.31. The molecule has 3 heterocycles. The first-order valence-corrected chi connectivity index (χ1v) is 10.5. The van der Waals surface area contributed by atoms with Crippen molar-refractivity contribution in [3.8, 4) is 10.6 Å². The van der Waals surface area contributed by atoms with Crippen molar-refractivity contribution in [3.63, 3.8) is 0 Å². The Morgan fingerprint density at radius 1 is 1.24 bits per heavy atom. The summed E-state index contributed by atoms with van der Waals surface area (Å²) >= 11 is 8.83. The molecule has 1 aliphatic carbocycles. The van der Waals surface area contributed by atoms with Gasteiger partial charge in [-0.15, -0.1) is 22.7 Å². The molecule has 0 spiro atoms. The van der Waals surface area contributed by atoms with Gasteiger partial charge in [0, 0.05) is 24.4 Å². The van der Waals surface area contributed by atoms with Crippen LogP contribution in [0, 0.1) is 11.8 Å². The lowest BCUT2D eigenvalue weighted by Crippen LogP contribution is -2.44. The van der Waals surface area contributed by atoms with Crippen LogP contribution in [0.25, 0.3) is 10.6 Å². The van der Waals surface area contributed by atoms with Gasteiger partial charge in [-0.3, -0.25) is 9.59 Å². The molecule has 0 radical (unpaired) electrons. The Bertz CT molecular complexity index is 799. The van der Waals surface area contributed by atoms with Crippen molar-refractivity contribution in [2.75, 3.05) is 18.4 Å². The molecule has 5 nitrogen and oxygen atoms in total. The zero-order chi connectivity index (χ0) is 17.4. The van der Waals surface area contributed by atoms with Crippen LogP contribution in [0.1, 0.15) is 25.7 Å². The molecule has 1 unspecified atom stereocenters. The summed E-state index contributed by atoms with van der Waals surface area (Å²) in [6, 6.07) is 3.77. The van der Waals surface area contributed by atoms with Crippen LogP contribution in [-0.4, -0.2) is 34.8 Å². The predicted molar refractivity (Wildman–Crippen MR) is 101 cm³/mol. The molecule has 2 fully saturated rings. The van der Waals surface area contributed by atoms with E-state index in [1.54, 1.807) is 0 Å². The van der Waals surface area contributed by atoms with Crippen LogP contribution in [0.3, 0.4) is 0 Å². The molecule has 2 aliphatic rings. The van der Waals surface area contributed by atoms with Crippen LogP contribution in [0.4, 0.5) is 5.13 Å². The number of likely N-dealkylation sites (tertiary alicyclic amines) is 1. The number of rotatable bonds is 4. The molecule has 2 aromatic rings. The van der Waals surface area contributed by atoms with Gasteiger partial charge in [0.2, 0.25) is 11.8 Å². The highest BCUT2D eigenvalue weighted by Gasteiger charge is 2.36. The van der Waals surface area contributed by atoms with Gasteiger partial charge in [-0.25, -0.2) is 4.98 Å². The Morgan fingerprint density at radius 3 is 2.80 bits per heavy atom. The predicted octanol–water partition coefficient (Wildman–Crippen LogP) is 4.11. The molecule has 25 heavy (non-hydrogen) atoms. The minimum atomic E-state index is -0.153. The summed E-state index contributed by atoms with van der Waals surface area (Å²) in [5.41, 5.74) is 0.825. The van der Waals surface area contributed by atoms with E-state index in [2.05, 4.69) is 10.3 Å². The highest BCUT2D eigenvalue weighted by atomic mass is 35.5. The van der Waals surface area contributed by atoms with Crippen LogP contribution in [0.2, 0.25) is 4.34 Å². The van der Waals surface area contributed by atoms with Crippen molar-refractivity contribution < 1.29 is 9.59 Å². The number of hydrogen-bond acceptors (Lipinski definition) is 5. The first-order valence-electron chi connectivity index (χ1n) is 8.41. The maximum Gasteiger partial charge on any atom is 0.231 e. The molecule has 1 aliphatic heterocycles. The average Bonchev–Trinajstić information content (AvgIpc) is 3.22. The fraction of sp³-hybridized carbons (Fsp3) is 0.471. The number of nitrogens with one attached hydrogen (secondary N) is 1. The Labute approximate surface area is 159 Å². The number of thiophene rings is 1. The molecule has 1 saturated heterocycles. The molecular formula is C17H18ClN3O2S2. The van der Waals surface area contributed by atoms with E-state index in [1.807, 2.05) is 22.4 Å². The van der Waals surface area contributed by atoms with E-state index in [1.165, 1.54) is 22.7 Å². The molecule has 1 atom stereocenters. The third-order valence-electron chi connectivity index (χ3n) is 4.59. The van der Waals surface area contributed by atoms with Crippen LogP contribution >= 0.6 is 34.3 Å². The minimum absolute atomic E-state index is 0.0431. The second-order valence-corrected chi connectivity index (χ2v) is 9.10. The summed E-state index contributed by atoms with van der Waals surface area (Å²) in [5, 5.41) is 5.43. The number of aromatic nitrogens is 1. The van der Waals surface area contributed by atoms with E-state index < -0.39 is 0 Å². The van der Waals surface area contributed by atoms with Gasteiger partial charge in [0.25, 0.3) is 0 Å². The Balaban J connectivity index is 1.38. The standard InChI is InChI=1S/C17H18ClN3O2S2/c18-14-6-5-13(25-14)12-9-24-17(19-12)20-15(22)11-2-1-7-21(8-11)16(23)10-3-4-10/h5-6,9-11H,1-4,7-8H2,(H,19,20,22). The lowest BCUT2D eigenvalue weighted by atomic mass is 9.97. The SMILES string of the molecule is O=C(Nc1nc(-c2ccc(Cl)s2)cs1)C1CCCN(C(=O)C2CC2)C1. The van der Waals surface area contributed by atoms with Crippen molar-refractivity contribution in [2.24, 2.45) is 11.8 Å². The summed E-state index contributed by atoms with van der Waals surface area (Å²) in [4.78, 5) is 32.1. The number of halogens is 1. The summed E-state index contributed by atoms with van der Waals surface area (Å²) in [5.74, 6) is 0.239. The van der Waals surface area contributed by atoms with E-state index in [0.29, 0.717) is 11.7 Å². The Kier molecular flexibility index (Phi) is 4.80. The fourth-order valence-corrected chi connectivity index (χ4v) is 4.88. The van der Waals surface area contributed by atoms with Gasteiger partial charge in [0.1, 0.15) is 0 Å². The van der Waals surface area contributed by atoms with E-state index in [0.717, 1.165) is 47.1 Å². The largest absolute Gasteiger partial charge is 0.342 e. The van der Waals surface area contributed by atoms with Crippen LogP contribution in [0.5, 0.6) is 0 Å². The number of amides is 2. The van der Waals surface area contributed by atoms with Crippen molar-refractivity contribution in [1.82, 2.24) is 9.88 Å². The number of thiazole rings is 1. The molecule has 8 heteroatoms. The van der Waals surface area contributed by atoms with Gasteiger partial charge in [0.05, 0.1) is 20.8 Å². The average molecular weight is 396 g/mol. The third kappa shape index (κ3) is 3.88. The zero-order valence-electron chi connectivity index (χ0n) is 13.5. The molecule has 1 N–H and O–H groups in total. The van der Waals surface area contributed by atoms with Gasteiger partial charge in [-0.1, -0.05) is 11.6 Å². The van der Waals surface area contributed by atoms with Crippen molar-refractivity contribution in [2.45, 2.75) is 25.7 Å². The Hall–Kier alpha value is -1.44. The number of piperidine rings is 1. The van der Waals surface area contributed by atoms with Crippen molar-refractivity contribution in [3.05, 3.63) is 21.8 Å². The number of carbonyl (C=O) groups is 2. The molecule has 0 aromatic carbocycles. The van der Waals surface area contributed by atoms with Gasteiger partial charge in [-0.2, -0.15) is 0 Å². The van der Waals surface area contributed by atoms with Crippen molar-refractivity contribution in [1.29, 1.82) is 0 Å². The molecule has 2 amide bonds. The molecule has 2 aromatic heterocycles. The van der Waals surface area contributed by atoms with E-state index >= 15 is 0 Å². The first kappa shape index (κ1) is 17.0. The minimum Gasteiger partial charge on any atom is -0.342 e. The van der Waals surface area contributed by atoms with E-state index in [-0.39, 0.29) is 23.7 Å². The lowest BCUT2D eigenvalue weighted by Gasteiger charge is -2.32. The summed E-state index contributed by atoms with van der Waals surface area (Å²) in [7, 11) is 0. The number of nitrogens with zero attached hydrogens (tertiary/aromatic N) is 2.